The molecule has 3 heterocycles. The first-order chi connectivity index (χ1) is 15.2. The molecule has 0 unspecified atom stereocenters. The Balaban J connectivity index is 1.60. The summed E-state index contributed by atoms with van der Waals surface area (Å²) in [5.74, 6) is -4.71. The number of hydrogen-bond donors (Lipinski definition) is 3. The van der Waals surface area contributed by atoms with Gasteiger partial charge in [-0.3, -0.25) is 29.4 Å². The molecule has 4 atom stereocenters. The zero-order chi connectivity index (χ0) is 22.8. The first-order valence-corrected chi connectivity index (χ1v) is 10.4. The topological polar surface area (TPSA) is 122 Å². The van der Waals surface area contributed by atoms with Crippen molar-refractivity contribution >= 4 is 40.9 Å². The van der Waals surface area contributed by atoms with Gasteiger partial charge in [-0.15, -0.1) is 0 Å². The molecule has 4 N–H and O–H groups in total. The Labute approximate surface area is 186 Å². The molecule has 2 aromatic carbocycles. The lowest BCUT2D eigenvalue weighted by molar-refractivity contribution is -0.143. The summed E-state index contributed by atoms with van der Waals surface area (Å²) in [6.07, 6.45) is -0.227. The van der Waals surface area contributed by atoms with Gasteiger partial charge in [0.25, 0.3) is 0 Å². The van der Waals surface area contributed by atoms with E-state index in [9.17, 15) is 23.6 Å². The van der Waals surface area contributed by atoms with E-state index in [0.717, 1.165) is 4.90 Å². The van der Waals surface area contributed by atoms with E-state index in [1.807, 2.05) is 0 Å². The van der Waals surface area contributed by atoms with Gasteiger partial charge in [-0.25, -0.2) is 4.39 Å². The molecule has 0 aromatic heterocycles. The Kier molecular flexibility index (Phi) is 4.58. The predicted molar refractivity (Wildman–Crippen MR) is 111 cm³/mol. The molecule has 0 radical (unpaired) electrons. The van der Waals surface area contributed by atoms with Gasteiger partial charge in [-0.1, -0.05) is 23.7 Å². The molecule has 2 fully saturated rings. The Bertz CT molecular complexity index is 1190. The van der Waals surface area contributed by atoms with E-state index in [4.69, 9.17) is 17.3 Å². The van der Waals surface area contributed by atoms with Gasteiger partial charge in [0.15, 0.2) is 0 Å². The van der Waals surface area contributed by atoms with Crippen molar-refractivity contribution in [3.63, 3.8) is 0 Å². The third-order valence-corrected chi connectivity index (χ3v) is 6.68. The fourth-order valence-corrected chi connectivity index (χ4v) is 5.33. The first-order valence-electron chi connectivity index (χ1n) is 9.99. The van der Waals surface area contributed by atoms with Crippen LogP contribution in [0.4, 0.5) is 10.1 Å². The number of likely N-dealkylation sites (tertiary alicyclic amines) is 1. The number of rotatable bonds is 4. The fraction of sp³-hybridized carbons (Fsp3) is 0.273. The van der Waals surface area contributed by atoms with E-state index in [1.54, 1.807) is 18.2 Å². The third kappa shape index (κ3) is 2.85. The number of imide groups is 1. The van der Waals surface area contributed by atoms with E-state index in [1.165, 1.54) is 24.3 Å². The Morgan fingerprint density at radius 2 is 1.84 bits per heavy atom. The van der Waals surface area contributed by atoms with Crippen molar-refractivity contribution < 1.29 is 23.6 Å². The molecule has 164 valence electrons. The maximum absolute atomic E-state index is 13.6. The second kappa shape index (κ2) is 7.11. The van der Waals surface area contributed by atoms with Crippen molar-refractivity contribution in [3.8, 4) is 0 Å². The van der Waals surface area contributed by atoms with Crippen LogP contribution in [0.1, 0.15) is 17.5 Å². The van der Waals surface area contributed by atoms with E-state index >= 15 is 0 Å². The van der Waals surface area contributed by atoms with Crippen LogP contribution in [0.3, 0.4) is 0 Å². The molecule has 3 aliphatic rings. The Morgan fingerprint density at radius 3 is 2.53 bits per heavy atom. The van der Waals surface area contributed by atoms with E-state index in [2.05, 4.69) is 10.6 Å². The van der Waals surface area contributed by atoms with Gasteiger partial charge in [0.05, 0.1) is 18.4 Å². The molecular formula is C22H18ClFN4O4. The number of fused-ring (bicyclic) bond motifs is 4. The van der Waals surface area contributed by atoms with Gasteiger partial charge in [0.2, 0.25) is 23.6 Å². The summed E-state index contributed by atoms with van der Waals surface area (Å²) in [6.45, 7) is -0.0751. The SMILES string of the molecule is NC(=O)C[C@H]1N[C@]2(C(=O)Nc3ccc(Cl)cc32)[C@@H]2C(=O)N(Cc3ccc(F)cc3)C(=O)[C@@H]21. The monoisotopic (exact) mass is 456 g/mol. The number of nitrogens with one attached hydrogen (secondary N) is 2. The van der Waals surface area contributed by atoms with Crippen molar-refractivity contribution in [2.45, 2.75) is 24.5 Å². The van der Waals surface area contributed by atoms with Gasteiger partial charge < -0.3 is 11.1 Å². The van der Waals surface area contributed by atoms with Crippen LogP contribution in [-0.2, 0) is 31.3 Å². The van der Waals surface area contributed by atoms with Crippen molar-refractivity contribution in [1.29, 1.82) is 0 Å². The normalized spacial score (nSPS) is 28.2. The molecule has 0 bridgehead atoms. The largest absolute Gasteiger partial charge is 0.370 e. The summed E-state index contributed by atoms with van der Waals surface area (Å²) in [5.41, 5.74) is 5.32. The number of anilines is 1. The first kappa shape index (κ1) is 20.6. The molecule has 32 heavy (non-hydrogen) atoms. The number of nitrogens with zero attached hydrogens (tertiary/aromatic N) is 1. The van der Waals surface area contributed by atoms with Gasteiger partial charge in [0.1, 0.15) is 11.4 Å². The molecule has 0 saturated carbocycles. The molecule has 10 heteroatoms. The number of halogens is 2. The van der Waals surface area contributed by atoms with Crippen molar-refractivity contribution in [1.82, 2.24) is 10.2 Å². The van der Waals surface area contributed by atoms with Crippen LogP contribution >= 0.6 is 11.6 Å². The number of hydrogen-bond acceptors (Lipinski definition) is 5. The third-order valence-electron chi connectivity index (χ3n) is 6.44. The standard InChI is InChI=1S/C22H18ClFN4O4/c23-11-3-6-14-13(7-11)22(21(32)26-14)18-17(15(27-22)8-16(25)29)19(30)28(20(18)31)9-10-1-4-12(24)5-2-10/h1-7,15,17-18,27H,8-9H2,(H2,25,29)(H,26,32)/t15-,17-,18+,22+/m1/s1. The number of benzene rings is 2. The molecule has 0 aliphatic carbocycles. The van der Waals surface area contributed by atoms with Crippen LogP contribution in [0.2, 0.25) is 5.02 Å². The second-order valence-electron chi connectivity index (χ2n) is 8.27. The average Bonchev–Trinajstić information content (AvgIpc) is 3.30. The number of primary amides is 1. The van der Waals surface area contributed by atoms with Crippen LogP contribution in [0.5, 0.6) is 0 Å². The molecule has 2 saturated heterocycles. The van der Waals surface area contributed by atoms with Gasteiger partial charge in [0, 0.05) is 28.7 Å². The van der Waals surface area contributed by atoms with E-state index in [-0.39, 0.29) is 13.0 Å². The van der Waals surface area contributed by atoms with Crippen LogP contribution in [0.15, 0.2) is 42.5 Å². The highest BCUT2D eigenvalue weighted by Crippen LogP contribution is 2.53. The summed E-state index contributed by atoms with van der Waals surface area (Å²) in [5, 5.41) is 6.20. The maximum Gasteiger partial charge on any atom is 0.250 e. The van der Waals surface area contributed by atoms with Crippen LogP contribution in [0.25, 0.3) is 0 Å². The average molecular weight is 457 g/mol. The smallest absolute Gasteiger partial charge is 0.250 e. The summed E-state index contributed by atoms with van der Waals surface area (Å²) in [4.78, 5) is 53.0. The zero-order valence-corrected chi connectivity index (χ0v) is 17.4. The summed E-state index contributed by atoms with van der Waals surface area (Å²) >= 11 is 6.18. The highest BCUT2D eigenvalue weighted by Gasteiger charge is 2.70. The molecule has 4 amide bonds. The molecule has 1 spiro atoms. The molecule has 8 nitrogen and oxygen atoms in total. The quantitative estimate of drug-likeness (QED) is 0.598. The summed E-state index contributed by atoms with van der Waals surface area (Å²) in [6, 6.07) is 9.43. The van der Waals surface area contributed by atoms with Crippen molar-refractivity contribution in [2.24, 2.45) is 17.6 Å². The number of amides is 4. The number of carbonyl (C=O) groups excluding carboxylic acids is 4. The van der Waals surface area contributed by atoms with Gasteiger partial charge in [-0.2, -0.15) is 0 Å². The lowest BCUT2D eigenvalue weighted by atomic mass is 9.76. The molecule has 3 aliphatic heterocycles. The lowest BCUT2D eigenvalue weighted by Gasteiger charge is -2.29. The summed E-state index contributed by atoms with van der Waals surface area (Å²) in [7, 11) is 0. The Hall–Kier alpha value is -3.30. The minimum atomic E-state index is -1.56. The molecule has 2 aromatic rings. The summed E-state index contributed by atoms with van der Waals surface area (Å²) < 4.78 is 13.3. The highest BCUT2D eigenvalue weighted by atomic mass is 35.5. The van der Waals surface area contributed by atoms with Crippen molar-refractivity contribution in [2.75, 3.05) is 5.32 Å². The van der Waals surface area contributed by atoms with Crippen molar-refractivity contribution in [3.05, 3.63) is 64.4 Å². The van der Waals surface area contributed by atoms with Crippen LogP contribution in [0, 0.1) is 17.7 Å². The maximum atomic E-state index is 13.6. The fourth-order valence-electron chi connectivity index (χ4n) is 5.15. The molecule has 5 rings (SSSR count). The second-order valence-corrected chi connectivity index (χ2v) is 8.70. The minimum Gasteiger partial charge on any atom is -0.370 e. The van der Waals surface area contributed by atoms with E-state index in [0.29, 0.717) is 21.8 Å². The minimum absolute atomic E-state index is 0.0751. The van der Waals surface area contributed by atoms with E-state index < -0.39 is 52.9 Å². The van der Waals surface area contributed by atoms with Crippen LogP contribution < -0.4 is 16.4 Å². The van der Waals surface area contributed by atoms with Crippen LogP contribution in [-0.4, -0.2) is 34.6 Å². The molecular weight excluding hydrogens is 439 g/mol. The van der Waals surface area contributed by atoms with Gasteiger partial charge in [-0.05, 0) is 35.9 Å². The van der Waals surface area contributed by atoms with Gasteiger partial charge >= 0.3 is 0 Å². The lowest BCUT2D eigenvalue weighted by Crippen LogP contribution is -2.53. The Morgan fingerprint density at radius 1 is 1.12 bits per heavy atom. The number of carbonyl (C=O) groups is 4. The highest BCUT2D eigenvalue weighted by molar-refractivity contribution is 6.31. The number of nitrogens with two attached hydrogens (primary N) is 1. The predicted octanol–water partition coefficient (Wildman–Crippen LogP) is 1.28. The zero-order valence-electron chi connectivity index (χ0n) is 16.6.